The molecular weight excluding hydrogens is 297 g/mol. The predicted octanol–water partition coefficient (Wildman–Crippen LogP) is 1.46. The molecule has 1 aromatic carbocycles. The Hall–Kier alpha value is -2.21. The third-order valence-corrected chi connectivity index (χ3v) is 4.23. The summed E-state index contributed by atoms with van der Waals surface area (Å²) < 4.78 is 13.2. The number of aliphatic hydroxyl groups is 1. The van der Waals surface area contributed by atoms with Crippen LogP contribution in [-0.2, 0) is 17.6 Å². The van der Waals surface area contributed by atoms with Gasteiger partial charge in [-0.25, -0.2) is 4.39 Å². The maximum Gasteiger partial charge on any atom is 0.227 e. The first-order valence-corrected chi connectivity index (χ1v) is 7.72. The van der Waals surface area contributed by atoms with E-state index in [9.17, 15) is 14.3 Å². The summed E-state index contributed by atoms with van der Waals surface area (Å²) in [6.45, 7) is 2.75. The number of H-pyrrole nitrogens is 1. The normalized spacial score (nSPS) is 20.9. The highest BCUT2D eigenvalue weighted by atomic mass is 19.1. The Kier molecular flexibility index (Phi) is 4.43. The Morgan fingerprint density at radius 2 is 2.26 bits per heavy atom. The molecule has 0 spiro atoms. The number of nitrogens with one attached hydrogen (secondary N) is 1. The molecule has 3 rings (SSSR count). The van der Waals surface area contributed by atoms with Gasteiger partial charge in [-0.15, -0.1) is 0 Å². The summed E-state index contributed by atoms with van der Waals surface area (Å²) in [4.78, 5) is 14.0. The summed E-state index contributed by atoms with van der Waals surface area (Å²) in [6.07, 6.45) is 0.233. The first-order chi connectivity index (χ1) is 11.0. The fourth-order valence-electron chi connectivity index (χ4n) is 3.04. The highest BCUT2D eigenvalue weighted by Gasteiger charge is 2.34. The van der Waals surface area contributed by atoms with E-state index in [-0.39, 0.29) is 24.1 Å². The van der Waals surface area contributed by atoms with Crippen molar-refractivity contribution in [3.8, 4) is 0 Å². The van der Waals surface area contributed by atoms with Gasteiger partial charge in [-0.2, -0.15) is 5.10 Å². The highest BCUT2D eigenvalue weighted by molar-refractivity contribution is 5.79. The molecule has 6 heteroatoms. The number of nitrogens with zero attached hydrogens (tertiary/aromatic N) is 2. The summed E-state index contributed by atoms with van der Waals surface area (Å²) in [5.74, 6) is -0.451. The zero-order valence-electron chi connectivity index (χ0n) is 13.0. The Labute approximate surface area is 134 Å². The van der Waals surface area contributed by atoms with Gasteiger partial charge in [0.15, 0.2) is 0 Å². The monoisotopic (exact) mass is 317 g/mol. The van der Waals surface area contributed by atoms with Crippen LogP contribution < -0.4 is 0 Å². The third kappa shape index (κ3) is 3.76. The van der Waals surface area contributed by atoms with Crippen molar-refractivity contribution in [2.45, 2.75) is 25.9 Å². The van der Waals surface area contributed by atoms with Gasteiger partial charge in [0.05, 0.1) is 18.2 Å². The molecule has 0 bridgehead atoms. The molecule has 1 aliphatic heterocycles. The second-order valence-electron chi connectivity index (χ2n) is 6.18. The SMILES string of the molecule is Cc1cc(C[C@@H]2CN(C(=O)Cc3cccc(F)c3)C[C@H]2O)n[nH]1. The maximum absolute atomic E-state index is 13.2. The van der Waals surface area contributed by atoms with Gasteiger partial charge in [-0.3, -0.25) is 9.89 Å². The van der Waals surface area contributed by atoms with Crippen LogP contribution in [0.3, 0.4) is 0 Å². The summed E-state index contributed by atoms with van der Waals surface area (Å²) in [5.41, 5.74) is 2.52. The van der Waals surface area contributed by atoms with E-state index < -0.39 is 6.10 Å². The molecule has 0 saturated carbocycles. The molecule has 0 radical (unpaired) electrons. The van der Waals surface area contributed by atoms with Crippen LogP contribution in [0.5, 0.6) is 0 Å². The van der Waals surface area contributed by atoms with Crippen LogP contribution in [0.4, 0.5) is 4.39 Å². The summed E-state index contributed by atoms with van der Waals surface area (Å²) in [7, 11) is 0. The lowest BCUT2D eigenvalue weighted by Gasteiger charge is -2.16. The molecule has 1 saturated heterocycles. The zero-order chi connectivity index (χ0) is 16.4. The molecule has 1 aromatic heterocycles. The number of aryl methyl sites for hydroxylation is 1. The lowest BCUT2D eigenvalue weighted by molar-refractivity contribution is -0.129. The molecule has 0 unspecified atom stereocenters. The van der Waals surface area contributed by atoms with Crippen molar-refractivity contribution in [1.29, 1.82) is 0 Å². The van der Waals surface area contributed by atoms with Crippen molar-refractivity contribution in [3.63, 3.8) is 0 Å². The van der Waals surface area contributed by atoms with Crippen molar-refractivity contribution >= 4 is 5.91 Å². The van der Waals surface area contributed by atoms with Crippen LogP contribution in [0.1, 0.15) is 17.0 Å². The van der Waals surface area contributed by atoms with Gasteiger partial charge < -0.3 is 10.0 Å². The van der Waals surface area contributed by atoms with Crippen molar-refractivity contribution in [2.24, 2.45) is 5.92 Å². The molecule has 23 heavy (non-hydrogen) atoms. The third-order valence-electron chi connectivity index (χ3n) is 4.23. The molecule has 5 nitrogen and oxygen atoms in total. The second kappa shape index (κ2) is 6.50. The molecule has 0 aliphatic carbocycles. The van der Waals surface area contributed by atoms with Gasteiger partial charge in [-0.1, -0.05) is 12.1 Å². The molecule has 2 N–H and O–H groups in total. The van der Waals surface area contributed by atoms with Crippen LogP contribution in [0.25, 0.3) is 0 Å². The first-order valence-electron chi connectivity index (χ1n) is 7.72. The average Bonchev–Trinajstić information content (AvgIpc) is 3.06. The number of β-amino-alcohol motifs (C(OH)–C–C–N with tert-alkyl or cyclic N) is 1. The van der Waals surface area contributed by atoms with Crippen LogP contribution in [-0.4, -0.2) is 45.3 Å². The minimum absolute atomic E-state index is 0.0193. The van der Waals surface area contributed by atoms with Crippen LogP contribution >= 0.6 is 0 Å². The molecule has 1 fully saturated rings. The van der Waals surface area contributed by atoms with Crippen LogP contribution in [0.15, 0.2) is 30.3 Å². The van der Waals surface area contributed by atoms with Gasteiger partial charge in [0, 0.05) is 24.7 Å². The molecule has 2 heterocycles. The van der Waals surface area contributed by atoms with E-state index >= 15 is 0 Å². The number of benzene rings is 1. The number of hydrogen-bond acceptors (Lipinski definition) is 3. The topological polar surface area (TPSA) is 69.2 Å². The zero-order valence-corrected chi connectivity index (χ0v) is 13.0. The summed E-state index contributed by atoms with van der Waals surface area (Å²) >= 11 is 0. The van der Waals surface area contributed by atoms with Crippen molar-refractivity contribution < 1.29 is 14.3 Å². The minimum Gasteiger partial charge on any atom is -0.391 e. The minimum atomic E-state index is -0.552. The van der Waals surface area contributed by atoms with E-state index in [1.54, 1.807) is 17.0 Å². The highest BCUT2D eigenvalue weighted by Crippen LogP contribution is 2.22. The Balaban J connectivity index is 1.60. The standard InChI is InChI=1S/C17H20FN3O2/c1-11-5-15(20-19-11)8-13-9-21(10-16(13)22)17(23)7-12-3-2-4-14(18)6-12/h2-6,13,16,22H,7-10H2,1H3,(H,19,20)/t13-,16-/m1/s1. The van der Waals surface area contributed by atoms with Crippen LogP contribution in [0.2, 0.25) is 0 Å². The van der Waals surface area contributed by atoms with Crippen molar-refractivity contribution in [2.75, 3.05) is 13.1 Å². The molecule has 1 amide bonds. The average molecular weight is 317 g/mol. The van der Waals surface area contributed by atoms with Gasteiger partial charge in [0.2, 0.25) is 5.91 Å². The molecule has 2 aromatic rings. The summed E-state index contributed by atoms with van der Waals surface area (Å²) in [6, 6.07) is 8.00. The van der Waals surface area contributed by atoms with Crippen LogP contribution in [0, 0.1) is 18.7 Å². The van der Waals surface area contributed by atoms with E-state index in [0.29, 0.717) is 25.1 Å². The second-order valence-corrected chi connectivity index (χ2v) is 6.18. The molecule has 122 valence electrons. The number of amides is 1. The number of aliphatic hydroxyl groups excluding tert-OH is 1. The summed E-state index contributed by atoms with van der Waals surface area (Å²) in [5, 5.41) is 17.3. The number of carbonyl (C=O) groups is 1. The van der Waals surface area contributed by atoms with Gasteiger partial charge in [0.25, 0.3) is 0 Å². The van der Waals surface area contributed by atoms with E-state index in [4.69, 9.17) is 0 Å². The lowest BCUT2D eigenvalue weighted by atomic mass is 10.0. The largest absolute Gasteiger partial charge is 0.391 e. The molecule has 1 aliphatic rings. The van der Waals surface area contributed by atoms with Crippen molar-refractivity contribution in [3.05, 3.63) is 53.1 Å². The number of hydrogen-bond donors (Lipinski definition) is 2. The smallest absolute Gasteiger partial charge is 0.227 e. The number of likely N-dealkylation sites (tertiary alicyclic amines) is 1. The van der Waals surface area contributed by atoms with E-state index in [2.05, 4.69) is 10.2 Å². The number of carbonyl (C=O) groups excluding carboxylic acids is 1. The van der Waals surface area contributed by atoms with E-state index in [1.807, 2.05) is 13.0 Å². The fraction of sp³-hybridized carbons (Fsp3) is 0.412. The van der Waals surface area contributed by atoms with Gasteiger partial charge >= 0.3 is 0 Å². The first kappa shape index (κ1) is 15.7. The lowest BCUT2D eigenvalue weighted by Crippen LogP contribution is -2.31. The number of halogens is 1. The molecule has 2 atom stereocenters. The Morgan fingerprint density at radius 1 is 1.43 bits per heavy atom. The number of aromatic nitrogens is 2. The molecular formula is C17H20FN3O2. The number of rotatable bonds is 4. The fourth-order valence-corrected chi connectivity index (χ4v) is 3.04. The predicted molar refractivity (Wildman–Crippen MR) is 83.2 cm³/mol. The van der Waals surface area contributed by atoms with Gasteiger partial charge in [0.1, 0.15) is 5.82 Å². The number of aromatic amines is 1. The Bertz CT molecular complexity index is 701. The van der Waals surface area contributed by atoms with E-state index in [0.717, 1.165) is 11.4 Å². The van der Waals surface area contributed by atoms with Gasteiger partial charge in [-0.05, 0) is 37.1 Å². The van der Waals surface area contributed by atoms with E-state index in [1.165, 1.54) is 12.1 Å². The maximum atomic E-state index is 13.2. The quantitative estimate of drug-likeness (QED) is 0.897. The van der Waals surface area contributed by atoms with Crippen molar-refractivity contribution in [1.82, 2.24) is 15.1 Å². The Morgan fingerprint density at radius 3 is 2.96 bits per heavy atom.